The molecule has 90 valence electrons. The highest BCUT2D eigenvalue weighted by Crippen LogP contribution is 2.42. The summed E-state index contributed by atoms with van der Waals surface area (Å²) in [5.41, 5.74) is 0.981. The highest BCUT2D eigenvalue weighted by Gasteiger charge is 2.44. The SMILES string of the molecule is CCO[Si](C)(OCC(C)(C)C)C1CCC1. The van der Waals surface area contributed by atoms with Crippen LogP contribution >= 0.6 is 0 Å². The van der Waals surface area contributed by atoms with E-state index >= 15 is 0 Å². The molecule has 2 nitrogen and oxygen atoms in total. The van der Waals surface area contributed by atoms with Gasteiger partial charge in [-0.3, -0.25) is 0 Å². The maximum absolute atomic E-state index is 6.16. The molecule has 1 aliphatic rings. The van der Waals surface area contributed by atoms with Crippen molar-refractivity contribution in [3.8, 4) is 0 Å². The molecule has 0 radical (unpaired) electrons. The Morgan fingerprint density at radius 1 is 1.20 bits per heavy atom. The number of hydrogen-bond donors (Lipinski definition) is 0. The van der Waals surface area contributed by atoms with Crippen LogP contribution in [0.5, 0.6) is 0 Å². The molecule has 0 aromatic heterocycles. The molecule has 0 bridgehead atoms. The standard InChI is InChI=1S/C12H26O2Si/c1-6-13-15(5,11-8-7-9-11)14-10-12(2,3)4/h11H,6-10H2,1-5H3. The molecule has 1 rings (SSSR count). The van der Waals surface area contributed by atoms with Crippen molar-refractivity contribution >= 4 is 8.56 Å². The first-order valence-electron chi connectivity index (χ1n) is 6.15. The third-order valence-electron chi connectivity index (χ3n) is 3.07. The zero-order valence-corrected chi connectivity index (χ0v) is 11.9. The Balaban J connectivity index is 2.48. The monoisotopic (exact) mass is 230 g/mol. The van der Waals surface area contributed by atoms with Gasteiger partial charge in [-0.15, -0.1) is 0 Å². The summed E-state index contributed by atoms with van der Waals surface area (Å²) in [4.78, 5) is 0. The Bertz CT molecular complexity index is 196. The van der Waals surface area contributed by atoms with Gasteiger partial charge in [-0.25, -0.2) is 0 Å². The van der Waals surface area contributed by atoms with Crippen molar-refractivity contribution in [1.82, 2.24) is 0 Å². The van der Waals surface area contributed by atoms with Crippen molar-refractivity contribution < 1.29 is 8.85 Å². The molecule has 0 spiro atoms. The van der Waals surface area contributed by atoms with E-state index in [1.807, 2.05) is 0 Å². The van der Waals surface area contributed by atoms with Crippen molar-refractivity contribution in [2.75, 3.05) is 13.2 Å². The van der Waals surface area contributed by atoms with Crippen LogP contribution in [0.2, 0.25) is 12.1 Å². The quantitative estimate of drug-likeness (QED) is 0.670. The lowest BCUT2D eigenvalue weighted by Gasteiger charge is -2.40. The van der Waals surface area contributed by atoms with Gasteiger partial charge in [0.1, 0.15) is 0 Å². The fourth-order valence-electron chi connectivity index (χ4n) is 1.86. The summed E-state index contributed by atoms with van der Waals surface area (Å²) in [6.45, 7) is 12.6. The molecule has 1 aliphatic carbocycles. The van der Waals surface area contributed by atoms with Crippen LogP contribution in [0.1, 0.15) is 47.0 Å². The van der Waals surface area contributed by atoms with Crippen LogP contribution in [0.15, 0.2) is 0 Å². The van der Waals surface area contributed by atoms with E-state index in [9.17, 15) is 0 Å². The Kier molecular flexibility index (Phi) is 4.38. The van der Waals surface area contributed by atoms with E-state index in [1.54, 1.807) is 0 Å². The van der Waals surface area contributed by atoms with Crippen molar-refractivity contribution in [2.45, 2.75) is 59.0 Å². The predicted molar refractivity (Wildman–Crippen MR) is 66.3 cm³/mol. The third-order valence-corrected chi connectivity index (χ3v) is 6.71. The summed E-state index contributed by atoms with van der Waals surface area (Å²) < 4.78 is 12.1. The fraction of sp³-hybridized carbons (Fsp3) is 1.00. The molecule has 3 heteroatoms. The smallest absolute Gasteiger partial charge is 0.338 e. The lowest BCUT2D eigenvalue weighted by molar-refractivity contribution is 0.112. The van der Waals surface area contributed by atoms with Gasteiger partial charge in [0.15, 0.2) is 0 Å². The normalized spacial score (nSPS) is 22.2. The number of hydrogen-bond acceptors (Lipinski definition) is 2. The molecule has 1 saturated carbocycles. The molecule has 1 fully saturated rings. The van der Waals surface area contributed by atoms with E-state index in [2.05, 4.69) is 34.2 Å². The van der Waals surface area contributed by atoms with E-state index in [4.69, 9.17) is 8.85 Å². The van der Waals surface area contributed by atoms with E-state index in [-0.39, 0.29) is 5.41 Å². The van der Waals surface area contributed by atoms with Gasteiger partial charge >= 0.3 is 8.56 Å². The molecule has 0 N–H and O–H groups in total. The topological polar surface area (TPSA) is 18.5 Å². The second-order valence-corrected chi connectivity index (χ2v) is 9.35. The van der Waals surface area contributed by atoms with Crippen molar-refractivity contribution in [1.29, 1.82) is 0 Å². The van der Waals surface area contributed by atoms with Gasteiger partial charge in [-0.05, 0) is 31.7 Å². The van der Waals surface area contributed by atoms with Crippen LogP contribution in [-0.4, -0.2) is 21.8 Å². The summed E-state index contributed by atoms with van der Waals surface area (Å²) in [5.74, 6) is 0. The average molecular weight is 230 g/mol. The van der Waals surface area contributed by atoms with Crippen LogP contribution in [0, 0.1) is 5.41 Å². The van der Waals surface area contributed by atoms with Crippen molar-refractivity contribution in [2.24, 2.45) is 5.41 Å². The molecular weight excluding hydrogens is 204 g/mol. The molecule has 0 amide bonds. The van der Waals surface area contributed by atoms with Crippen LogP contribution < -0.4 is 0 Å². The second-order valence-electron chi connectivity index (χ2n) is 5.93. The molecule has 0 aromatic rings. The van der Waals surface area contributed by atoms with Gasteiger partial charge < -0.3 is 8.85 Å². The second kappa shape index (κ2) is 4.98. The highest BCUT2D eigenvalue weighted by atomic mass is 28.4. The van der Waals surface area contributed by atoms with Crippen molar-refractivity contribution in [3.63, 3.8) is 0 Å². The maximum Gasteiger partial charge on any atom is 0.338 e. The van der Waals surface area contributed by atoms with E-state index in [0.29, 0.717) is 0 Å². The molecule has 1 atom stereocenters. The summed E-state index contributed by atoms with van der Waals surface area (Å²) >= 11 is 0. The van der Waals surface area contributed by atoms with Gasteiger partial charge in [-0.2, -0.15) is 0 Å². The molecule has 1 unspecified atom stereocenters. The summed E-state index contributed by atoms with van der Waals surface area (Å²) in [6, 6.07) is 0. The minimum atomic E-state index is -1.88. The molecule has 0 aliphatic heterocycles. The summed E-state index contributed by atoms with van der Waals surface area (Å²) in [7, 11) is -1.88. The Morgan fingerprint density at radius 2 is 1.80 bits per heavy atom. The zero-order valence-electron chi connectivity index (χ0n) is 10.9. The third kappa shape index (κ3) is 3.89. The number of rotatable bonds is 5. The van der Waals surface area contributed by atoms with E-state index < -0.39 is 8.56 Å². The first-order valence-corrected chi connectivity index (χ1v) is 8.55. The van der Waals surface area contributed by atoms with Gasteiger partial charge in [0, 0.05) is 18.8 Å². The van der Waals surface area contributed by atoms with Gasteiger partial charge in [0.25, 0.3) is 0 Å². The van der Waals surface area contributed by atoms with Crippen LogP contribution in [0.25, 0.3) is 0 Å². The lowest BCUT2D eigenvalue weighted by atomic mass is 9.99. The van der Waals surface area contributed by atoms with Crippen molar-refractivity contribution in [3.05, 3.63) is 0 Å². The predicted octanol–water partition coefficient (Wildman–Crippen LogP) is 3.71. The first kappa shape index (κ1) is 13.2. The largest absolute Gasteiger partial charge is 0.394 e. The van der Waals surface area contributed by atoms with Gasteiger partial charge in [0.2, 0.25) is 0 Å². The molecule has 0 saturated heterocycles. The maximum atomic E-state index is 6.16. The highest BCUT2D eigenvalue weighted by molar-refractivity contribution is 6.67. The minimum Gasteiger partial charge on any atom is -0.394 e. The molecular formula is C12H26O2Si. The van der Waals surface area contributed by atoms with Crippen LogP contribution in [0.4, 0.5) is 0 Å². The molecule has 15 heavy (non-hydrogen) atoms. The Labute approximate surface area is 95.6 Å². The van der Waals surface area contributed by atoms with Gasteiger partial charge in [0.05, 0.1) is 0 Å². The van der Waals surface area contributed by atoms with Gasteiger partial charge in [-0.1, -0.05) is 27.2 Å². The average Bonchev–Trinajstić information content (AvgIpc) is 1.96. The minimum absolute atomic E-state index is 0.245. The molecule has 0 aromatic carbocycles. The zero-order chi connectivity index (χ0) is 11.5. The van der Waals surface area contributed by atoms with E-state index in [1.165, 1.54) is 19.3 Å². The summed E-state index contributed by atoms with van der Waals surface area (Å²) in [5, 5.41) is 0. The van der Waals surface area contributed by atoms with E-state index in [0.717, 1.165) is 18.8 Å². The first-order chi connectivity index (χ1) is 6.87. The Hall–Kier alpha value is 0.137. The lowest BCUT2D eigenvalue weighted by Crippen LogP contribution is -2.47. The summed E-state index contributed by atoms with van der Waals surface area (Å²) in [6.07, 6.45) is 3.99. The Morgan fingerprint density at radius 3 is 2.13 bits per heavy atom. The fourth-order valence-corrected chi connectivity index (χ4v) is 5.16. The van der Waals surface area contributed by atoms with Crippen LogP contribution in [0.3, 0.4) is 0 Å². The van der Waals surface area contributed by atoms with Crippen LogP contribution in [-0.2, 0) is 8.85 Å². The molecule has 0 heterocycles.